The Morgan fingerprint density at radius 2 is 1.50 bits per heavy atom. The van der Waals surface area contributed by atoms with Crippen LogP contribution in [0.2, 0.25) is 6.32 Å². The van der Waals surface area contributed by atoms with E-state index in [4.69, 9.17) is 9.31 Å². The molecule has 0 atom stereocenters. The van der Waals surface area contributed by atoms with E-state index in [1.165, 1.54) is 25.7 Å². The van der Waals surface area contributed by atoms with Crippen LogP contribution in [0, 0.1) is 11.3 Å². The molecule has 0 spiro atoms. The minimum Gasteiger partial charge on any atom is -0.403 e. The van der Waals surface area contributed by atoms with Gasteiger partial charge in [-0.15, -0.1) is 0 Å². The van der Waals surface area contributed by atoms with E-state index in [2.05, 4.69) is 41.5 Å². The van der Waals surface area contributed by atoms with Gasteiger partial charge in [0.05, 0.1) is 11.2 Å². The quantitative estimate of drug-likeness (QED) is 0.679. The summed E-state index contributed by atoms with van der Waals surface area (Å²) in [4.78, 5) is 0. The van der Waals surface area contributed by atoms with E-state index in [-0.39, 0.29) is 18.3 Å². The molecule has 0 aromatic carbocycles. The third-order valence-corrected chi connectivity index (χ3v) is 5.53. The zero-order valence-electron chi connectivity index (χ0n) is 13.0. The normalized spacial score (nSPS) is 27.8. The molecule has 0 unspecified atom stereocenters. The van der Waals surface area contributed by atoms with Crippen molar-refractivity contribution < 1.29 is 9.31 Å². The van der Waals surface area contributed by atoms with E-state index in [0.29, 0.717) is 5.41 Å². The second-order valence-electron chi connectivity index (χ2n) is 7.60. The molecule has 0 N–H and O–H groups in total. The van der Waals surface area contributed by atoms with Crippen LogP contribution in [0.4, 0.5) is 0 Å². The van der Waals surface area contributed by atoms with Crippen molar-refractivity contribution in [2.75, 3.05) is 0 Å². The van der Waals surface area contributed by atoms with E-state index in [1.807, 2.05) is 0 Å². The van der Waals surface area contributed by atoms with E-state index >= 15 is 0 Å². The first kappa shape index (κ1) is 14.4. The molecule has 0 bridgehead atoms. The van der Waals surface area contributed by atoms with Gasteiger partial charge in [0.15, 0.2) is 0 Å². The molecule has 0 amide bonds. The van der Waals surface area contributed by atoms with Gasteiger partial charge in [-0.05, 0) is 64.6 Å². The Morgan fingerprint density at radius 1 is 1.00 bits per heavy atom. The molecule has 1 aliphatic carbocycles. The van der Waals surface area contributed by atoms with Gasteiger partial charge >= 0.3 is 7.12 Å². The molecular formula is C15H29BO2. The Kier molecular flexibility index (Phi) is 3.62. The van der Waals surface area contributed by atoms with Crippen molar-refractivity contribution in [1.29, 1.82) is 0 Å². The average Bonchev–Trinajstić information content (AvgIpc) is 2.92. The van der Waals surface area contributed by atoms with Gasteiger partial charge in [-0.1, -0.05) is 20.3 Å². The second kappa shape index (κ2) is 4.52. The first-order valence-electron chi connectivity index (χ1n) is 7.54. The average molecular weight is 252 g/mol. The lowest BCUT2D eigenvalue weighted by molar-refractivity contribution is 0.00578. The third kappa shape index (κ3) is 2.62. The summed E-state index contributed by atoms with van der Waals surface area (Å²) in [5, 5.41) is 0. The highest BCUT2D eigenvalue weighted by atomic mass is 16.7. The zero-order chi connectivity index (χ0) is 13.6. The highest BCUT2D eigenvalue weighted by molar-refractivity contribution is 6.45. The lowest BCUT2D eigenvalue weighted by atomic mass is 9.78. The lowest BCUT2D eigenvalue weighted by Gasteiger charge is -2.32. The Bertz CT molecular complexity index is 290. The molecule has 1 saturated heterocycles. The smallest absolute Gasteiger partial charge is 0.403 e. The summed E-state index contributed by atoms with van der Waals surface area (Å²) in [5.41, 5.74) is 0.309. The molecule has 1 aliphatic heterocycles. The SMILES string of the molecule is CC(C)C1(CCCB2OC(C)(C)C(C)(C)O2)CC1. The van der Waals surface area contributed by atoms with Crippen LogP contribution >= 0.6 is 0 Å². The van der Waals surface area contributed by atoms with Crippen LogP contribution in [0.25, 0.3) is 0 Å². The van der Waals surface area contributed by atoms with Crippen LogP contribution < -0.4 is 0 Å². The first-order chi connectivity index (χ1) is 8.19. The highest BCUT2D eigenvalue weighted by Crippen LogP contribution is 2.55. The molecule has 2 aliphatic rings. The molecule has 2 fully saturated rings. The maximum absolute atomic E-state index is 6.04. The fourth-order valence-electron chi connectivity index (χ4n) is 2.98. The summed E-state index contributed by atoms with van der Waals surface area (Å²) in [6.45, 7) is 13.2. The lowest BCUT2D eigenvalue weighted by Crippen LogP contribution is -2.41. The van der Waals surface area contributed by atoms with Gasteiger partial charge in [0.2, 0.25) is 0 Å². The molecule has 0 radical (unpaired) electrons. The largest absolute Gasteiger partial charge is 0.457 e. The monoisotopic (exact) mass is 252 g/mol. The Balaban J connectivity index is 1.76. The summed E-state index contributed by atoms with van der Waals surface area (Å²) in [6, 6.07) is 0. The molecule has 0 aromatic rings. The molecule has 0 aromatic heterocycles. The van der Waals surface area contributed by atoms with E-state index in [0.717, 1.165) is 12.2 Å². The van der Waals surface area contributed by atoms with Crippen LogP contribution in [0.5, 0.6) is 0 Å². The summed E-state index contributed by atoms with van der Waals surface area (Å²) >= 11 is 0. The van der Waals surface area contributed by atoms with Crippen LogP contribution in [0.1, 0.15) is 67.2 Å². The topological polar surface area (TPSA) is 18.5 Å². The summed E-state index contributed by atoms with van der Waals surface area (Å²) < 4.78 is 12.1. The standard InChI is InChI=1S/C15H29BO2/c1-12(2)15(9-10-15)8-7-11-16-17-13(3,4)14(5,6)18-16/h12H,7-11H2,1-6H3. The van der Waals surface area contributed by atoms with Gasteiger partial charge in [-0.25, -0.2) is 0 Å². The molecule has 18 heavy (non-hydrogen) atoms. The molecule has 1 saturated carbocycles. The van der Waals surface area contributed by atoms with Crippen LogP contribution in [0.3, 0.4) is 0 Å². The Morgan fingerprint density at radius 3 is 1.89 bits per heavy atom. The van der Waals surface area contributed by atoms with Crippen LogP contribution in [0.15, 0.2) is 0 Å². The molecular weight excluding hydrogens is 223 g/mol. The van der Waals surface area contributed by atoms with Gasteiger partial charge in [-0.3, -0.25) is 0 Å². The minimum absolute atomic E-state index is 0.00189. The van der Waals surface area contributed by atoms with Gasteiger partial charge in [-0.2, -0.15) is 0 Å². The first-order valence-corrected chi connectivity index (χ1v) is 7.54. The van der Waals surface area contributed by atoms with Gasteiger partial charge in [0.1, 0.15) is 0 Å². The van der Waals surface area contributed by atoms with Gasteiger partial charge in [0, 0.05) is 0 Å². The van der Waals surface area contributed by atoms with E-state index in [1.54, 1.807) is 0 Å². The van der Waals surface area contributed by atoms with Gasteiger partial charge in [0.25, 0.3) is 0 Å². The van der Waals surface area contributed by atoms with Crippen molar-refractivity contribution >= 4 is 7.12 Å². The second-order valence-corrected chi connectivity index (χ2v) is 7.60. The number of hydrogen-bond acceptors (Lipinski definition) is 2. The predicted molar refractivity (Wildman–Crippen MR) is 76.6 cm³/mol. The number of rotatable bonds is 5. The number of hydrogen-bond donors (Lipinski definition) is 0. The van der Waals surface area contributed by atoms with Crippen LogP contribution in [-0.2, 0) is 9.31 Å². The maximum Gasteiger partial charge on any atom is 0.457 e. The molecule has 3 heteroatoms. The van der Waals surface area contributed by atoms with Crippen molar-refractivity contribution in [3.05, 3.63) is 0 Å². The Labute approximate surface area is 113 Å². The summed E-state index contributed by atoms with van der Waals surface area (Å²) in [6.07, 6.45) is 6.47. The fraction of sp³-hybridized carbons (Fsp3) is 1.00. The zero-order valence-corrected chi connectivity index (χ0v) is 13.0. The van der Waals surface area contributed by atoms with Crippen molar-refractivity contribution in [1.82, 2.24) is 0 Å². The van der Waals surface area contributed by atoms with Crippen molar-refractivity contribution in [2.45, 2.75) is 84.7 Å². The van der Waals surface area contributed by atoms with E-state index in [9.17, 15) is 0 Å². The van der Waals surface area contributed by atoms with Gasteiger partial charge < -0.3 is 9.31 Å². The maximum atomic E-state index is 6.04. The van der Waals surface area contributed by atoms with Crippen LogP contribution in [-0.4, -0.2) is 18.3 Å². The predicted octanol–water partition coefficient (Wildman–Crippen LogP) is 4.30. The molecule has 2 rings (SSSR count). The fourth-order valence-corrected chi connectivity index (χ4v) is 2.98. The third-order valence-electron chi connectivity index (χ3n) is 5.53. The Hall–Kier alpha value is -0.0151. The molecule has 2 nitrogen and oxygen atoms in total. The summed E-state index contributed by atoms with van der Waals surface area (Å²) in [5.74, 6) is 0.829. The molecule has 104 valence electrons. The summed E-state index contributed by atoms with van der Waals surface area (Å²) in [7, 11) is -0.00189. The van der Waals surface area contributed by atoms with Crippen molar-refractivity contribution in [3.8, 4) is 0 Å². The minimum atomic E-state index is -0.174. The molecule has 1 heterocycles. The highest BCUT2D eigenvalue weighted by Gasteiger charge is 2.51. The van der Waals surface area contributed by atoms with Crippen molar-refractivity contribution in [2.24, 2.45) is 11.3 Å². The van der Waals surface area contributed by atoms with Crippen molar-refractivity contribution in [3.63, 3.8) is 0 Å². The van der Waals surface area contributed by atoms with E-state index < -0.39 is 0 Å².